The smallest absolute Gasteiger partial charge is 0.220 e. The highest BCUT2D eigenvalue weighted by Crippen LogP contribution is 2.32. The van der Waals surface area contributed by atoms with Crippen molar-refractivity contribution in [3.05, 3.63) is 42.0 Å². The van der Waals surface area contributed by atoms with E-state index in [-0.39, 0.29) is 0 Å². The van der Waals surface area contributed by atoms with Crippen molar-refractivity contribution >= 4 is 33.3 Å². The molecule has 0 radical (unpaired) electrons. The second-order valence-electron chi connectivity index (χ2n) is 4.49. The summed E-state index contributed by atoms with van der Waals surface area (Å²) in [7, 11) is 1.63. The van der Waals surface area contributed by atoms with Gasteiger partial charge in [0.25, 0.3) is 0 Å². The first-order valence-corrected chi connectivity index (χ1v) is 8.33. The van der Waals surface area contributed by atoms with Gasteiger partial charge in [-0.3, -0.25) is 0 Å². The van der Waals surface area contributed by atoms with E-state index in [0.717, 1.165) is 26.7 Å². The standard InChI is InChI=1S/C14H10N6OS2/c1-21-10-4-2-9(3-5-10)20-14(17-18-19-20)23-13-11-6-7-22-12(11)15-8-16-13/h2-8H,1H3. The van der Waals surface area contributed by atoms with E-state index >= 15 is 0 Å². The van der Waals surface area contributed by atoms with Gasteiger partial charge < -0.3 is 4.74 Å². The summed E-state index contributed by atoms with van der Waals surface area (Å²) in [6, 6.07) is 9.54. The van der Waals surface area contributed by atoms with E-state index in [1.807, 2.05) is 35.7 Å². The van der Waals surface area contributed by atoms with Crippen molar-refractivity contribution in [3.63, 3.8) is 0 Å². The second-order valence-corrected chi connectivity index (χ2v) is 6.34. The van der Waals surface area contributed by atoms with Crippen LogP contribution in [0.4, 0.5) is 0 Å². The van der Waals surface area contributed by atoms with Crippen LogP contribution in [0.2, 0.25) is 0 Å². The molecule has 0 unspecified atom stereocenters. The summed E-state index contributed by atoms with van der Waals surface area (Å²) in [5, 5.41) is 16.4. The van der Waals surface area contributed by atoms with Gasteiger partial charge in [0, 0.05) is 5.39 Å². The van der Waals surface area contributed by atoms with Crippen LogP contribution in [0, 0.1) is 0 Å². The molecule has 0 atom stereocenters. The highest BCUT2D eigenvalue weighted by atomic mass is 32.2. The molecule has 0 saturated carbocycles. The topological polar surface area (TPSA) is 78.6 Å². The van der Waals surface area contributed by atoms with Crippen LogP contribution in [0.5, 0.6) is 5.75 Å². The Bertz CT molecular complexity index is 949. The summed E-state index contributed by atoms with van der Waals surface area (Å²) in [5.74, 6) is 0.784. The van der Waals surface area contributed by atoms with E-state index in [1.54, 1.807) is 29.5 Å². The van der Waals surface area contributed by atoms with Gasteiger partial charge >= 0.3 is 0 Å². The molecule has 23 heavy (non-hydrogen) atoms. The number of nitrogens with zero attached hydrogens (tertiary/aromatic N) is 6. The van der Waals surface area contributed by atoms with Crippen LogP contribution in [-0.2, 0) is 0 Å². The van der Waals surface area contributed by atoms with Gasteiger partial charge in [-0.15, -0.1) is 16.4 Å². The van der Waals surface area contributed by atoms with Gasteiger partial charge in [-0.25, -0.2) is 9.97 Å². The van der Waals surface area contributed by atoms with Crippen LogP contribution in [0.3, 0.4) is 0 Å². The lowest BCUT2D eigenvalue weighted by Gasteiger charge is -2.05. The van der Waals surface area contributed by atoms with Gasteiger partial charge in [0.15, 0.2) is 0 Å². The lowest BCUT2D eigenvalue weighted by Crippen LogP contribution is -1.99. The first-order chi connectivity index (χ1) is 11.3. The Morgan fingerprint density at radius 2 is 2.00 bits per heavy atom. The maximum atomic E-state index is 5.17. The molecule has 1 aromatic carbocycles. The van der Waals surface area contributed by atoms with Crippen molar-refractivity contribution in [2.24, 2.45) is 0 Å². The number of hydrogen-bond acceptors (Lipinski definition) is 8. The SMILES string of the molecule is COc1ccc(-n2nnnc2Sc2ncnc3sccc23)cc1. The maximum Gasteiger partial charge on any atom is 0.220 e. The Hall–Kier alpha value is -2.52. The summed E-state index contributed by atoms with van der Waals surface area (Å²) in [5.41, 5.74) is 0.855. The van der Waals surface area contributed by atoms with Crippen molar-refractivity contribution in [3.8, 4) is 11.4 Å². The largest absolute Gasteiger partial charge is 0.497 e. The number of aromatic nitrogens is 6. The second kappa shape index (κ2) is 5.94. The molecule has 4 rings (SSSR count). The molecule has 0 fully saturated rings. The van der Waals surface area contributed by atoms with Crippen molar-refractivity contribution < 1.29 is 4.74 Å². The Morgan fingerprint density at radius 3 is 2.83 bits per heavy atom. The Balaban J connectivity index is 1.70. The molecule has 0 bridgehead atoms. The first-order valence-electron chi connectivity index (χ1n) is 6.64. The number of thiophene rings is 1. The molecule has 9 heteroatoms. The van der Waals surface area contributed by atoms with Gasteiger partial charge in [0.1, 0.15) is 21.9 Å². The fourth-order valence-corrected chi connectivity index (χ4v) is 3.71. The van der Waals surface area contributed by atoms with Gasteiger partial charge in [0.05, 0.1) is 12.8 Å². The molecule has 7 nitrogen and oxygen atoms in total. The number of tetrazole rings is 1. The van der Waals surface area contributed by atoms with Crippen LogP contribution in [0.25, 0.3) is 15.9 Å². The van der Waals surface area contributed by atoms with Crippen LogP contribution in [-0.4, -0.2) is 37.3 Å². The van der Waals surface area contributed by atoms with Gasteiger partial charge in [-0.1, -0.05) is 0 Å². The minimum Gasteiger partial charge on any atom is -0.497 e. The molecular weight excluding hydrogens is 332 g/mol. The molecule has 4 aromatic rings. The third-order valence-electron chi connectivity index (χ3n) is 3.17. The third-order valence-corrected chi connectivity index (χ3v) is 4.95. The quantitative estimate of drug-likeness (QED) is 0.528. The third kappa shape index (κ3) is 2.64. The Morgan fingerprint density at radius 1 is 1.13 bits per heavy atom. The van der Waals surface area contributed by atoms with E-state index in [0.29, 0.717) is 5.16 Å². The van der Waals surface area contributed by atoms with Crippen molar-refractivity contribution in [2.45, 2.75) is 10.2 Å². The first kappa shape index (κ1) is 14.1. The molecule has 3 aromatic heterocycles. The van der Waals surface area contributed by atoms with E-state index in [2.05, 4.69) is 25.5 Å². The zero-order chi connectivity index (χ0) is 15.6. The fourth-order valence-electron chi connectivity index (χ4n) is 2.06. The van der Waals surface area contributed by atoms with E-state index in [9.17, 15) is 0 Å². The normalized spacial score (nSPS) is 11.0. The minimum absolute atomic E-state index is 0.640. The zero-order valence-electron chi connectivity index (χ0n) is 11.9. The van der Waals surface area contributed by atoms with Gasteiger partial charge in [-0.05, 0) is 57.9 Å². The van der Waals surface area contributed by atoms with E-state index in [1.165, 1.54) is 11.8 Å². The highest BCUT2D eigenvalue weighted by Gasteiger charge is 2.14. The van der Waals surface area contributed by atoms with E-state index in [4.69, 9.17) is 4.74 Å². The molecule has 0 aliphatic heterocycles. The number of ether oxygens (including phenoxy) is 1. The fraction of sp³-hybridized carbons (Fsp3) is 0.0714. The van der Waals surface area contributed by atoms with Crippen molar-refractivity contribution in [2.75, 3.05) is 7.11 Å². The molecule has 3 heterocycles. The summed E-state index contributed by atoms with van der Waals surface area (Å²) >= 11 is 2.99. The summed E-state index contributed by atoms with van der Waals surface area (Å²) in [6.45, 7) is 0. The number of benzene rings is 1. The molecule has 0 amide bonds. The van der Waals surface area contributed by atoms with Gasteiger partial charge in [-0.2, -0.15) is 4.68 Å². The van der Waals surface area contributed by atoms with Crippen LogP contribution in [0.15, 0.2) is 52.2 Å². The molecule has 114 valence electrons. The van der Waals surface area contributed by atoms with Crippen molar-refractivity contribution in [1.29, 1.82) is 0 Å². The summed E-state index contributed by atoms with van der Waals surface area (Å²) in [6.07, 6.45) is 1.56. The Labute approximate surface area is 139 Å². The lowest BCUT2D eigenvalue weighted by atomic mass is 10.3. The van der Waals surface area contributed by atoms with Gasteiger partial charge in [0.2, 0.25) is 5.16 Å². The molecule has 0 aliphatic carbocycles. The van der Waals surface area contributed by atoms with E-state index < -0.39 is 0 Å². The Kier molecular flexibility index (Phi) is 3.64. The number of methoxy groups -OCH3 is 1. The van der Waals surface area contributed by atoms with Crippen LogP contribution < -0.4 is 4.74 Å². The molecule has 0 saturated heterocycles. The highest BCUT2D eigenvalue weighted by molar-refractivity contribution is 7.99. The number of hydrogen-bond donors (Lipinski definition) is 0. The van der Waals surface area contributed by atoms with Crippen LogP contribution in [0.1, 0.15) is 0 Å². The molecule has 0 spiro atoms. The van der Waals surface area contributed by atoms with Crippen molar-refractivity contribution in [1.82, 2.24) is 30.2 Å². The molecule has 0 aliphatic rings. The molecule has 0 N–H and O–H groups in total. The van der Waals surface area contributed by atoms with Crippen LogP contribution >= 0.6 is 23.1 Å². The monoisotopic (exact) mass is 342 g/mol. The average molecular weight is 342 g/mol. The zero-order valence-corrected chi connectivity index (χ0v) is 13.6. The predicted octanol–water partition coefficient (Wildman–Crippen LogP) is 2.83. The summed E-state index contributed by atoms with van der Waals surface area (Å²) < 4.78 is 6.84. The minimum atomic E-state index is 0.640. The predicted molar refractivity (Wildman–Crippen MR) is 87.2 cm³/mol. The molecular formula is C14H10N6OS2. The number of fused-ring (bicyclic) bond motifs is 1. The average Bonchev–Trinajstić information content (AvgIpc) is 3.24. The lowest BCUT2D eigenvalue weighted by molar-refractivity contribution is 0.414. The maximum absolute atomic E-state index is 5.17. The number of rotatable bonds is 4. The summed E-state index contributed by atoms with van der Waals surface area (Å²) in [4.78, 5) is 9.55.